The molecule has 0 aliphatic carbocycles. The molecule has 3 atom stereocenters. The minimum Gasteiger partial charge on any atom is -0.395 e. The molecule has 1 aliphatic rings. The van der Waals surface area contributed by atoms with Gasteiger partial charge in [0.05, 0.1) is 12.2 Å². The first-order chi connectivity index (χ1) is 4.56. The van der Waals surface area contributed by atoms with Crippen molar-refractivity contribution in [1.82, 2.24) is 0 Å². The van der Waals surface area contributed by atoms with E-state index in [2.05, 4.69) is 0 Å². The number of aliphatic hydroxyl groups is 2. The minimum atomic E-state index is -0.571. The van der Waals surface area contributed by atoms with Crippen molar-refractivity contribution < 1.29 is 10.2 Å². The highest BCUT2D eigenvalue weighted by atomic mass is 32.2. The SMILES string of the molecule is CC1SC(CO)CC1(C)O. The van der Waals surface area contributed by atoms with E-state index in [9.17, 15) is 5.11 Å². The van der Waals surface area contributed by atoms with Crippen molar-refractivity contribution in [3.8, 4) is 0 Å². The van der Waals surface area contributed by atoms with E-state index in [1.165, 1.54) is 0 Å². The molecular weight excluding hydrogens is 148 g/mol. The van der Waals surface area contributed by atoms with Gasteiger partial charge < -0.3 is 10.2 Å². The third-order valence-electron chi connectivity index (χ3n) is 2.12. The topological polar surface area (TPSA) is 40.5 Å². The predicted octanol–water partition coefficient (Wildman–Crippen LogP) is 0.624. The smallest absolute Gasteiger partial charge is 0.0746 e. The third kappa shape index (κ3) is 1.47. The van der Waals surface area contributed by atoms with Crippen LogP contribution in [0.15, 0.2) is 0 Å². The van der Waals surface area contributed by atoms with Gasteiger partial charge in [0.2, 0.25) is 0 Å². The van der Waals surface area contributed by atoms with Crippen LogP contribution in [0.4, 0.5) is 0 Å². The largest absolute Gasteiger partial charge is 0.395 e. The van der Waals surface area contributed by atoms with Crippen molar-refractivity contribution in [3.63, 3.8) is 0 Å². The zero-order valence-corrected chi connectivity index (χ0v) is 7.19. The maximum absolute atomic E-state index is 9.63. The predicted molar refractivity (Wildman–Crippen MR) is 43.2 cm³/mol. The van der Waals surface area contributed by atoms with Gasteiger partial charge in [-0.15, -0.1) is 11.8 Å². The lowest BCUT2D eigenvalue weighted by Gasteiger charge is -2.19. The molecule has 0 radical (unpaired) electrons. The molecule has 0 saturated carbocycles. The molecule has 1 fully saturated rings. The molecule has 0 aromatic carbocycles. The molecular formula is C7H14O2S. The summed E-state index contributed by atoms with van der Waals surface area (Å²) in [7, 11) is 0. The van der Waals surface area contributed by atoms with Crippen molar-refractivity contribution in [3.05, 3.63) is 0 Å². The molecule has 0 amide bonds. The number of hydrogen-bond acceptors (Lipinski definition) is 3. The Morgan fingerprint density at radius 2 is 2.30 bits per heavy atom. The van der Waals surface area contributed by atoms with Gasteiger partial charge in [-0.1, -0.05) is 6.92 Å². The van der Waals surface area contributed by atoms with Gasteiger partial charge in [0.1, 0.15) is 0 Å². The fourth-order valence-corrected chi connectivity index (χ4v) is 2.70. The van der Waals surface area contributed by atoms with Gasteiger partial charge in [0.15, 0.2) is 0 Å². The van der Waals surface area contributed by atoms with Crippen molar-refractivity contribution in [1.29, 1.82) is 0 Å². The summed E-state index contributed by atoms with van der Waals surface area (Å²) in [5.74, 6) is 0. The van der Waals surface area contributed by atoms with Crippen LogP contribution >= 0.6 is 11.8 Å². The molecule has 10 heavy (non-hydrogen) atoms. The number of thioether (sulfide) groups is 1. The molecule has 3 unspecified atom stereocenters. The Morgan fingerprint density at radius 1 is 1.70 bits per heavy atom. The molecule has 3 heteroatoms. The average molecular weight is 162 g/mol. The van der Waals surface area contributed by atoms with E-state index in [1.54, 1.807) is 11.8 Å². The number of aliphatic hydroxyl groups excluding tert-OH is 1. The Bertz CT molecular complexity index is 125. The molecule has 60 valence electrons. The first kappa shape index (κ1) is 8.37. The Hall–Kier alpha value is 0.270. The number of hydrogen-bond donors (Lipinski definition) is 2. The highest BCUT2D eigenvalue weighted by Crippen LogP contribution is 2.40. The highest BCUT2D eigenvalue weighted by Gasteiger charge is 2.39. The molecule has 2 N–H and O–H groups in total. The summed E-state index contributed by atoms with van der Waals surface area (Å²) in [5, 5.41) is 18.9. The second-order valence-electron chi connectivity index (χ2n) is 3.14. The normalized spacial score (nSPS) is 48.0. The monoisotopic (exact) mass is 162 g/mol. The fraction of sp³-hybridized carbons (Fsp3) is 1.00. The molecule has 0 bridgehead atoms. The zero-order chi connectivity index (χ0) is 7.78. The summed E-state index contributed by atoms with van der Waals surface area (Å²) in [5.41, 5.74) is -0.571. The molecule has 1 rings (SSSR count). The Labute approximate surface area is 65.6 Å². The molecule has 1 heterocycles. The van der Waals surface area contributed by atoms with Crippen molar-refractivity contribution in [2.24, 2.45) is 0 Å². The number of rotatable bonds is 1. The van der Waals surface area contributed by atoms with Gasteiger partial charge in [-0.05, 0) is 13.3 Å². The second-order valence-corrected chi connectivity index (χ2v) is 4.79. The third-order valence-corrected chi connectivity index (χ3v) is 3.73. The van der Waals surface area contributed by atoms with E-state index in [0.717, 1.165) is 6.42 Å². The van der Waals surface area contributed by atoms with Crippen molar-refractivity contribution in [2.45, 2.75) is 36.4 Å². The Morgan fingerprint density at radius 3 is 2.50 bits per heavy atom. The highest BCUT2D eigenvalue weighted by molar-refractivity contribution is 8.00. The van der Waals surface area contributed by atoms with Gasteiger partial charge in [-0.25, -0.2) is 0 Å². The van der Waals surface area contributed by atoms with Crippen LogP contribution in [0.3, 0.4) is 0 Å². The minimum absolute atomic E-state index is 0.186. The summed E-state index contributed by atoms with van der Waals surface area (Å²) in [6.45, 7) is 4.02. The van der Waals surface area contributed by atoms with Crippen molar-refractivity contribution in [2.75, 3.05) is 6.61 Å². The lowest BCUT2D eigenvalue weighted by Crippen LogP contribution is -2.30. The fourth-order valence-electron chi connectivity index (χ4n) is 1.22. The summed E-state index contributed by atoms with van der Waals surface area (Å²) in [4.78, 5) is 0. The molecule has 1 saturated heterocycles. The van der Waals surface area contributed by atoms with Crippen LogP contribution in [0.2, 0.25) is 0 Å². The first-order valence-electron chi connectivity index (χ1n) is 3.55. The Kier molecular flexibility index (Phi) is 2.28. The Balaban J connectivity index is 2.53. The van der Waals surface area contributed by atoms with Crippen LogP contribution in [0.1, 0.15) is 20.3 Å². The molecule has 1 aliphatic heterocycles. The molecule has 0 aromatic rings. The zero-order valence-electron chi connectivity index (χ0n) is 6.37. The lowest BCUT2D eigenvalue weighted by atomic mass is 9.98. The molecule has 0 spiro atoms. The summed E-state index contributed by atoms with van der Waals surface area (Å²) in [6, 6.07) is 0. The standard InChI is InChI=1S/C7H14O2S/c1-5-7(2,9)3-6(4-8)10-5/h5-6,8-9H,3-4H2,1-2H3. The lowest BCUT2D eigenvalue weighted by molar-refractivity contribution is 0.0575. The second kappa shape index (κ2) is 2.72. The van der Waals surface area contributed by atoms with Gasteiger partial charge >= 0.3 is 0 Å². The van der Waals surface area contributed by atoms with E-state index in [0.29, 0.717) is 0 Å². The van der Waals surface area contributed by atoms with E-state index < -0.39 is 5.60 Å². The van der Waals surface area contributed by atoms with Crippen LogP contribution in [0.25, 0.3) is 0 Å². The van der Waals surface area contributed by atoms with E-state index in [1.807, 2.05) is 13.8 Å². The maximum Gasteiger partial charge on any atom is 0.0746 e. The summed E-state index contributed by atoms with van der Waals surface area (Å²) >= 11 is 1.67. The van der Waals surface area contributed by atoms with Crippen LogP contribution < -0.4 is 0 Å². The van der Waals surface area contributed by atoms with Crippen molar-refractivity contribution >= 4 is 11.8 Å². The van der Waals surface area contributed by atoms with Crippen LogP contribution in [-0.4, -0.2) is 32.9 Å². The van der Waals surface area contributed by atoms with Crippen LogP contribution in [0, 0.1) is 0 Å². The van der Waals surface area contributed by atoms with Gasteiger partial charge in [-0.3, -0.25) is 0 Å². The average Bonchev–Trinajstić information content (AvgIpc) is 2.08. The van der Waals surface area contributed by atoms with Gasteiger partial charge in [-0.2, -0.15) is 0 Å². The van der Waals surface area contributed by atoms with Gasteiger partial charge in [0, 0.05) is 10.5 Å². The van der Waals surface area contributed by atoms with Gasteiger partial charge in [0.25, 0.3) is 0 Å². The quantitative estimate of drug-likeness (QED) is 0.594. The van der Waals surface area contributed by atoms with E-state index in [-0.39, 0.29) is 17.1 Å². The van der Waals surface area contributed by atoms with E-state index in [4.69, 9.17) is 5.11 Å². The van der Waals surface area contributed by atoms with Crippen LogP contribution in [-0.2, 0) is 0 Å². The first-order valence-corrected chi connectivity index (χ1v) is 4.49. The molecule has 2 nitrogen and oxygen atoms in total. The summed E-state index contributed by atoms with van der Waals surface area (Å²) < 4.78 is 0. The van der Waals surface area contributed by atoms with Crippen LogP contribution in [0.5, 0.6) is 0 Å². The maximum atomic E-state index is 9.63. The molecule has 0 aromatic heterocycles. The summed E-state index contributed by atoms with van der Waals surface area (Å²) in [6.07, 6.45) is 0.718. The van der Waals surface area contributed by atoms with E-state index >= 15 is 0 Å².